The molecule has 4 unspecified atom stereocenters. The van der Waals surface area contributed by atoms with Crippen molar-refractivity contribution in [1.29, 1.82) is 0 Å². The van der Waals surface area contributed by atoms with Gasteiger partial charge in [0.1, 0.15) is 14.0 Å². The van der Waals surface area contributed by atoms with Gasteiger partial charge in [0, 0.05) is 5.92 Å². The number of ether oxygens (including phenoxy) is 2. The highest BCUT2D eigenvalue weighted by Gasteiger charge is 2.43. The molecule has 0 saturated heterocycles. The second kappa shape index (κ2) is 8.19. The Bertz CT molecular complexity index is 749. The summed E-state index contributed by atoms with van der Waals surface area (Å²) in [6.07, 6.45) is -0.847. The van der Waals surface area contributed by atoms with Crippen molar-refractivity contribution in [3.63, 3.8) is 0 Å². The van der Waals surface area contributed by atoms with Crippen LogP contribution in [0.3, 0.4) is 0 Å². The number of hydrogen-bond acceptors (Lipinski definition) is 5. The standard InChI is InChI=1S/C20H21BO5/c21-16-11-15(12-25-19(23)13-7-3-1-4-8-13)18(17(16)22)26-20(24)14-9-5-2-6-10-14/h1-10,15-18,22H,11-12,21H2. The molecule has 4 atom stereocenters. The molecule has 0 radical (unpaired) electrons. The van der Waals surface area contributed by atoms with E-state index in [-0.39, 0.29) is 18.3 Å². The number of esters is 2. The molecule has 0 aliphatic heterocycles. The molecule has 1 N–H and O–H groups in total. The first kappa shape index (κ1) is 18.2. The van der Waals surface area contributed by atoms with Gasteiger partial charge in [-0.05, 0) is 36.5 Å². The van der Waals surface area contributed by atoms with E-state index in [9.17, 15) is 14.7 Å². The highest BCUT2D eigenvalue weighted by atomic mass is 16.6. The van der Waals surface area contributed by atoms with E-state index in [0.29, 0.717) is 17.5 Å². The van der Waals surface area contributed by atoms with Crippen molar-refractivity contribution >= 4 is 19.8 Å². The lowest BCUT2D eigenvalue weighted by Crippen LogP contribution is -2.34. The van der Waals surface area contributed by atoms with Crippen molar-refractivity contribution in [1.82, 2.24) is 0 Å². The van der Waals surface area contributed by atoms with Crippen LogP contribution in [0.4, 0.5) is 0 Å². The van der Waals surface area contributed by atoms with Crippen LogP contribution in [0.25, 0.3) is 0 Å². The maximum atomic E-state index is 12.3. The minimum Gasteiger partial charge on any atom is -0.462 e. The Kier molecular flexibility index (Phi) is 5.73. The molecule has 1 aliphatic rings. The lowest BCUT2D eigenvalue weighted by Gasteiger charge is -2.23. The van der Waals surface area contributed by atoms with E-state index in [1.165, 1.54) is 0 Å². The summed E-state index contributed by atoms with van der Waals surface area (Å²) >= 11 is 0. The van der Waals surface area contributed by atoms with Gasteiger partial charge in [-0.1, -0.05) is 36.4 Å². The zero-order chi connectivity index (χ0) is 18.5. The molecular formula is C20H21BO5. The number of carbonyl (C=O) groups excluding carboxylic acids is 2. The van der Waals surface area contributed by atoms with Crippen molar-refractivity contribution in [3.05, 3.63) is 71.8 Å². The summed E-state index contributed by atoms with van der Waals surface area (Å²) in [6, 6.07) is 17.4. The van der Waals surface area contributed by atoms with Gasteiger partial charge >= 0.3 is 11.9 Å². The van der Waals surface area contributed by atoms with E-state index in [4.69, 9.17) is 9.47 Å². The third kappa shape index (κ3) is 4.14. The van der Waals surface area contributed by atoms with Crippen LogP contribution in [0.5, 0.6) is 0 Å². The van der Waals surface area contributed by atoms with Crippen molar-refractivity contribution in [2.45, 2.75) is 24.4 Å². The summed E-state index contributed by atoms with van der Waals surface area (Å²) in [7, 11) is 1.90. The van der Waals surface area contributed by atoms with Gasteiger partial charge in [0.2, 0.25) is 0 Å². The summed E-state index contributed by atoms with van der Waals surface area (Å²) in [5.74, 6) is -1.18. The second-order valence-corrected chi connectivity index (χ2v) is 6.66. The predicted octanol–water partition coefficient (Wildman–Crippen LogP) is 1.87. The normalized spacial score (nSPS) is 24.8. The molecule has 6 heteroatoms. The maximum absolute atomic E-state index is 12.3. The molecule has 1 saturated carbocycles. The van der Waals surface area contributed by atoms with E-state index in [1.807, 2.05) is 20.0 Å². The predicted molar refractivity (Wildman–Crippen MR) is 98.8 cm³/mol. The molecule has 5 nitrogen and oxygen atoms in total. The van der Waals surface area contributed by atoms with Crippen LogP contribution >= 0.6 is 0 Å². The van der Waals surface area contributed by atoms with Gasteiger partial charge in [0.25, 0.3) is 0 Å². The Morgan fingerprint density at radius 1 is 0.962 bits per heavy atom. The minimum absolute atomic E-state index is 0.0380. The average molecular weight is 352 g/mol. The average Bonchev–Trinajstić information content (AvgIpc) is 2.95. The molecule has 0 bridgehead atoms. The fraction of sp³-hybridized carbons (Fsp3) is 0.300. The van der Waals surface area contributed by atoms with Gasteiger partial charge < -0.3 is 14.6 Å². The van der Waals surface area contributed by atoms with E-state index < -0.39 is 24.1 Å². The van der Waals surface area contributed by atoms with E-state index in [1.54, 1.807) is 48.5 Å². The van der Waals surface area contributed by atoms with Gasteiger partial charge in [-0.2, -0.15) is 0 Å². The number of benzene rings is 2. The smallest absolute Gasteiger partial charge is 0.338 e. The number of aliphatic hydroxyl groups excluding tert-OH is 1. The number of rotatable bonds is 5. The molecule has 134 valence electrons. The number of hydrogen-bond donors (Lipinski definition) is 1. The Labute approximate surface area is 153 Å². The summed E-state index contributed by atoms with van der Waals surface area (Å²) in [5.41, 5.74) is 0.899. The van der Waals surface area contributed by atoms with Gasteiger partial charge in [0.05, 0.1) is 23.8 Å². The topological polar surface area (TPSA) is 72.8 Å². The number of aliphatic hydroxyl groups is 1. The zero-order valence-electron chi connectivity index (χ0n) is 14.6. The van der Waals surface area contributed by atoms with Crippen LogP contribution < -0.4 is 0 Å². The van der Waals surface area contributed by atoms with Crippen LogP contribution in [0, 0.1) is 5.92 Å². The number of carbonyl (C=O) groups is 2. The molecule has 0 heterocycles. The lowest BCUT2D eigenvalue weighted by molar-refractivity contribution is -0.0306. The molecule has 26 heavy (non-hydrogen) atoms. The van der Waals surface area contributed by atoms with Gasteiger partial charge in [0.15, 0.2) is 0 Å². The summed E-state index contributed by atoms with van der Waals surface area (Å²) < 4.78 is 10.9. The SMILES string of the molecule is BC1CC(COC(=O)c2ccccc2)C(OC(=O)c2ccccc2)C1O. The van der Waals surface area contributed by atoms with Crippen LogP contribution in [-0.4, -0.2) is 43.7 Å². The molecule has 0 spiro atoms. The van der Waals surface area contributed by atoms with Gasteiger partial charge in [-0.15, -0.1) is 0 Å². The van der Waals surface area contributed by atoms with Crippen LogP contribution in [-0.2, 0) is 9.47 Å². The highest BCUT2D eigenvalue weighted by molar-refractivity contribution is 6.12. The first-order valence-corrected chi connectivity index (χ1v) is 8.72. The molecule has 0 aromatic heterocycles. The zero-order valence-corrected chi connectivity index (χ0v) is 14.6. The Balaban J connectivity index is 1.63. The van der Waals surface area contributed by atoms with Crippen LogP contribution in [0.1, 0.15) is 27.1 Å². The van der Waals surface area contributed by atoms with Crippen LogP contribution in [0.2, 0.25) is 5.82 Å². The Morgan fingerprint density at radius 3 is 2.08 bits per heavy atom. The first-order chi connectivity index (χ1) is 12.6. The van der Waals surface area contributed by atoms with Crippen molar-refractivity contribution < 1.29 is 24.2 Å². The summed E-state index contributed by atoms with van der Waals surface area (Å²) in [4.78, 5) is 24.4. The molecule has 1 fully saturated rings. The van der Waals surface area contributed by atoms with E-state index in [2.05, 4.69) is 0 Å². The molecule has 2 aromatic carbocycles. The van der Waals surface area contributed by atoms with Crippen molar-refractivity contribution in [3.8, 4) is 0 Å². The largest absolute Gasteiger partial charge is 0.462 e. The van der Waals surface area contributed by atoms with E-state index >= 15 is 0 Å². The third-order valence-corrected chi connectivity index (χ3v) is 4.75. The third-order valence-electron chi connectivity index (χ3n) is 4.75. The lowest BCUT2D eigenvalue weighted by atomic mass is 9.84. The monoisotopic (exact) mass is 352 g/mol. The highest BCUT2D eigenvalue weighted by Crippen LogP contribution is 2.36. The first-order valence-electron chi connectivity index (χ1n) is 8.72. The van der Waals surface area contributed by atoms with E-state index in [0.717, 1.165) is 0 Å². The summed E-state index contributed by atoms with van der Waals surface area (Å²) in [6.45, 7) is 0.0991. The Hall–Kier alpha value is -2.60. The fourth-order valence-corrected chi connectivity index (χ4v) is 3.29. The quantitative estimate of drug-likeness (QED) is 0.657. The molecular weight excluding hydrogens is 331 g/mol. The van der Waals surface area contributed by atoms with Gasteiger partial charge in [-0.25, -0.2) is 9.59 Å². The maximum Gasteiger partial charge on any atom is 0.338 e. The molecule has 2 aromatic rings. The molecule has 3 rings (SSSR count). The second-order valence-electron chi connectivity index (χ2n) is 6.66. The summed E-state index contributed by atoms with van der Waals surface area (Å²) in [5, 5.41) is 10.4. The fourth-order valence-electron chi connectivity index (χ4n) is 3.29. The molecule has 0 amide bonds. The van der Waals surface area contributed by atoms with Gasteiger partial charge in [-0.3, -0.25) is 0 Å². The molecule has 1 aliphatic carbocycles. The van der Waals surface area contributed by atoms with Crippen LogP contribution in [0.15, 0.2) is 60.7 Å². The van der Waals surface area contributed by atoms with Crippen molar-refractivity contribution in [2.24, 2.45) is 5.92 Å². The minimum atomic E-state index is -0.775. The Morgan fingerprint density at radius 2 is 1.50 bits per heavy atom. The van der Waals surface area contributed by atoms with Crippen molar-refractivity contribution in [2.75, 3.05) is 6.61 Å².